The van der Waals surface area contributed by atoms with Gasteiger partial charge in [-0.15, -0.1) is 0 Å². The predicted octanol–water partition coefficient (Wildman–Crippen LogP) is 4.16. The van der Waals surface area contributed by atoms with Gasteiger partial charge in [0.2, 0.25) is 5.91 Å². The van der Waals surface area contributed by atoms with Crippen molar-refractivity contribution in [2.24, 2.45) is 0 Å². The van der Waals surface area contributed by atoms with Crippen molar-refractivity contribution in [1.82, 2.24) is 10.3 Å². The summed E-state index contributed by atoms with van der Waals surface area (Å²) in [4.78, 5) is 17.8. The molecule has 2 aromatic rings. The van der Waals surface area contributed by atoms with Crippen LogP contribution in [-0.2, 0) is 11.0 Å². The van der Waals surface area contributed by atoms with E-state index in [2.05, 4.69) is 10.3 Å². The Bertz CT molecular complexity index is 837. The Hall–Kier alpha value is -2.54. The highest BCUT2D eigenvalue weighted by Crippen LogP contribution is 2.29. The van der Waals surface area contributed by atoms with Crippen LogP contribution in [0.3, 0.4) is 0 Å². The van der Waals surface area contributed by atoms with Crippen LogP contribution in [0, 0.1) is 0 Å². The molecule has 0 spiro atoms. The van der Waals surface area contributed by atoms with E-state index in [0.717, 1.165) is 17.8 Å². The van der Waals surface area contributed by atoms with Gasteiger partial charge in [0, 0.05) is 36.4 Å². The number of benzene rings is 1. The molecule has 1 fully saturated rings. The lowest BCUT2D eigenvalue weighted by Crippen LogP contribution is -2.36. The number of carbonyl (C=O) groups is 1. The number of nitrogens with zero attached hydrogens (tertiary/aromatic N) is 2. The van der Waals surface area contributed by atoms with E-state index in [1.54, 1.807) is 18.2 Å². The number of alkyl halides is 3. The molecule has 1 atom stereocenters. The summed E-state index contributed by atoms with van der Waals surface area (Å²) in [6, 6.07) is 9.45. The molecule has 1 unspecified atom stereocenters. The molecule has 1 N–H and O–H groups in total. The van der Waals surface area contributed by atoms with Gasteiger partial charge in [0.15, 0.2) is 0 Å². The van der Waals surface area contributed by atoms with Crippen LogP contribution in [0.1, 0.15) is 17.5 Å². The van der Waals surface area contributed by atoms with Crippen LogP contribution in [0.15, 0.2) is 48.7 Å². The Balaban J connectivity index is 1.55. The van der Waals surface area contributed by atoms with E-state index in [1.807, 2.05) is 17.0 Å². The minimum absolute atomic E-state index is 0.0995. The molecule has 1 amide bonds. The average molecular weight is 396 g/mol. The maximum atomic E-state index is 12.6. The maximum Gasteiger partial charge on any atom is 0.417 e. The number of nitrogens with one attached hydrogen (secondary N) is 1. The summed E-state index contributed by atoms with van der Waals surface area (Å²) in [7, 11) is 0. The monoisotopic (exact) mass is 395 g/mol. The van der Waals surface area contributed by atoms with Gasteiger partial charge in [-0.1, -0.05) is 29.8 Å². The van der Waals surface area contributed by atoms with Crippen molar-refractivity contribution >= 4 is 29.4 Å². The number of pyridine rings is 1. The molecule has 2 heterocycles. The number of halogens is 4. The first-order valence-corrected chi connectivity index (χ1v) is 8.72. The van der Waals surface area contributed by atoms with Gasteiger partial charge in [0.25, 0.3) is 0 Å². The Labute approximate surface area is 159 Å². The maximum absolute atomic E-state index is 12.6. The lowest BCUT2D eigenvalue weighted by atomic mass is 10.2. The third-order valence-corrected chi connectivity index (χ3v) is 4.60. The first kappa shape index (κ1) is 19.2. The van der Waals surface area contributed by atoms with Crippen molar-refractivity contribution < 1.29 is 18.0 Å². The number of anilines is 1. The first-order chi connectivity index (χ1) is 12.8. The van der Waals surface area contributed by atoms with Gasteiger partial charge in [-0.2, -0.15) is 13.2 Å². The molecule has 4 nitrogen and oxygen atoms in total. The largest absolute Gasteiger partial charge is 0.417 e. The molecule has 0 radical (unpaired) electrons. The number of carbonyl (C=O) groups excluding carboxylic acids is 1. The normalized spacial score (nSPS) is 17.5. The second kappa shape index (κ2) is 8.00. The van der Waals surface area contributed by atoms with Crippen molar-refractivity contribution in [1.29, 1.82) is 0 Å². The van der Waals surface area contributed by atoms with Crippen molar-refractivity contribution in [2.75, 3.05) is 18.0 Å². The van der Waals surface area contributed by atoms with E-state index in [0.29, 0.717) is 30.4 Å². The molecule has 0 saturated carbocycles. The van der Waals surface area contributed by atoms with Crippen LogP contribution in [0.4, 0.5) is 19.0 Å². The zero-order valence-electron chi connectivity index (χ0n) is 14.2. The Morgan fingerprint density at radius 2 is 2.04 bits per heavy atom. The minimum atomic E-state index is -4.40. The topological polar surface area (TPSA) is 45.2 Å². The number of rotatable bonds is 4. The van der Waals surface area contributed by atoms with Crippen molar-refractivity contribution in [3.63, 3.8) is 0 Å². The summed E-state index contributed by atoms with van der Waals surface area (Å²) in [6.07, 6.45) is 0.172. The SMILES string of the molecule is O=C(/C=C/c1ccccc1Cl)NC1CCN(c2ccc(C(F)(F)F)cn2)C1. The Kier molecular flexibility index (Phi) is 5.70. The highest BCUT2D eigenvalue weighted by Gasteiger charge is 2.31. The summed E-state index contributed by atoms with van der Waals surface area (Å²) >= 11 is 6.04. The Morgan fingerprint density at radius 3 is 2.70 bits per heavy atom. The van der Waals surface area contributed by atoms with Gasteiger partial charge < -0.3 is 10.2 Å². The Morgan fingerprint density at radius 1 is 1.26 bits per heavy atom. The molecule has 3 rings (SSSR count). The van der Waals surface area contributed by atoms with Crippen molar-refractivity contribution in [2.45, 2.75) is 18.6 Å². The van der Waals surface area contributed by atoms with E-state index < -0.39 is 11.7 Å². The summed E-state index contributed by atoms with van der Waals surface area (Å²) in [5.41, 5.74) is -0.0312. The van der Waals surface area contributed by atoms with Gasteiger partial charge >= 0.3 is 6.18 Å². The fourth-order valence-corrected chi connectivity index (χ4v) is 3.05. The molecule has 1 aromatic carbocycles. The second-order valence-corrected chi connectivity index (χ2v) is 6.61. The summed E-state index contributed by atoms with van der Waals surface area (Å²) in [5.74, 6) is 0.216. The quantitative estimate of drug-likeness (QED) is 0.790. The smallest absolute Gasteiger partial charge is 0.354 e. The highest BCUT2D eigenvalue weighted by molar-refractivity contribution is 6.32. The number of amides is 1. The standard InChI is InChI=1S/C19H17ClF3N3O/c20-16-4-2-1-3-13(16)5-8-18(27)25-15-9-10-26(12-15)17-7-6-14(11-24-17)19(21,22)23/h1-8,11,15H,9-10,12H2,(H,25,27)/b8-5+. The van der Waals surface area contributed by atoms with E-state index in [9.17, 15) is 18.0 Å². The van der Waals surface area contributed by atoms with E-state index in [4.69, 9.17) is 11.6 Å². The predicted molar refractivity (Wildman–Crippen MR) is 98.5 cm³/mol. The molecule has 0 bridgehead atoms. The summed E-state index contributed by atoms with van der Waals surface area (Å²) in [6.45, 7) is 1.10. The minimum Gasteiger partial charge on any atom is -0.354 e. The fourth-order valence-electron chi connectivity index (χ4n) is 2.85. The molecule has 8 heteroatoms. The molecule has 1 aromatic heterocycles. The zero-order chi connectivity index (χ0) is 19.4. The van der Waals surface area contributed by atoms with Crippen LogP contribution >= 0.6 is 11.6 Å². The van der Waals surface area contributed by atoms with Crippen LogP contribution in [0.2, 0.25) is 5.02 Å². The van der Waals surface area contributed by atoms with Gasteiger partial charge in [0.1, 0.15) is 5.82 Å². The van der Waals surface area contributed by atoms with Crippen LogP contribution in [0.25, 0.3) is 6.08 Å². The van der Waals surface area contributed by atoms with E-state index in [1.165, 1.54) is 12.1 Å². The number of aromatic nitrogens is 1. The van der Waals surface area contributed by atoms with E-state index in [-0.39, 0.29) is 11.9 Å². The second-order valence-electron chi connectivity index (χ2n) is 6.20. The third-order valence-electron chi connectivity index (χ3n) is 4.25. The first-order valence-electron chi connectivity index (χ1n) is 8.34. The van der Waals surface area contributed by atoms with Gasteiger partial charge in [-0.25, -0.2) is 4.98 Å². The molecular weight excluding hydrogens is 379 g/mol. The van der Waals surface area contributed by atoms with Crippen LogP contribution < -0.4 is 10.2 Å². The van der Waals surface area contributed by atoms with Gasteiger partial charge in [0.05, 0.1) is 5.56 Å². The molecule has 27 heavy (non-hydrogen) atoms. The van der Waals surface area contributed by atoms with Crippen LogP contribution in [0.5, 0.6) is 0 Å². The lowest BCUT2D eigenvalue weighted by Gasteiger charge is -2.18. The van der Waals surface area contributed by atoms with Crippen LogP contribution in [-0.4, -0.2) is 30.0 Å². The molecule has 1 aliphatic rings. The molecule has 0 aliphatic carbocycles. The molecule has 142 valence electrons. The molecule has 1 aliphatic heterocycles. The summed E-state index contributed by atoms with van der Waals surface area (Å²) in [5, 5.41) is 3.44. The number of hydrogen-bond acceptors (Lipinski definition) is 3. The van der Waals surface area contributed by atoms with Gasteiger partial charge in [-0.3, -0.25) is 4.79 Å². The molecular formula is C19H17ClF3N3O. The zero-order valence-corrected chi connectivity index (χ0v) is 15.0. The van der Waals surface area contributed by atoms with Crippen molar-refractivity contribution in [3.8, 4) is 0 Å². The van der Waals surface area contributed by atoms with Crippen molar-refractivity contribution in [3.05, 3.63) is 64.8 Å². The summed E-state index contributed by atoms with van der Waals surface area (Å²) < 4.78 is 37.8. The van der Waals surface area contributed by atoms with E-state index >= 15 is 0 Å². The third kappa shape index (κ3) is 5.01. The number of hydrogen-bond donors (Lipinski definition) is 1. The highest BCUT2D eigenvalue weighted by atomic mass is 35.5. The lowest BCUT2D eigenvalue weighted by molar-refractivity contribution is -0.137. The molecule has 1 saturated heterocycles. The van der Waals surface area contributed by atoms with Gasteiger partial charge in [-0.05, 0) is 36.3 Å². The fraction of sp³-hybridized carbons (Fsp3) is 0.263. The average Bonchev–Trinajstić information content (AvgIpc) is 3.09.